The predicted octanol–water partition coefficient (Wildman–Crippen LogP) is 3.65. The van der Waals surface area contributed by atoms with E-state index in [9.17, 15) is 13.2 Å². The van der Waals surface area contributed by atoms with E-state index in [1.165, 1.54) is 4.31 Å². The highest BCUT2D eigenvalue weighted by Gasteiger charge is 2.37. The van der Waals surface area contributed by atoms with Gasteiger partial charge in [0, 0.05) is 24.0 Å². The Kier molecular flexibility index (Phi) is 6.34. The second-order valence-electron chi connectivity index (χ2n) is 6.59. The van der Waals surface area contributed by atoms with Crippen molar-refractivity contribution in [2.45, 2.75) is 37.1 Å². The van der Waals surface area contributed by atoms with Crippen molar-refractivity contribution >= 4 is 31.9 Å². The van der Waals surface area contributed by atoms with Gasteiger partial charge in [-0.1, -0.05) is 47.1 Å². The fourth-order valence-electron chi connectivity index (χ4n) is 3.38. The number of fused-ring (bicyclic) bond motifs is 1. The van der Waals surface area contributed by atoms with Gasteiger partial charge in [-0.05, 0) is 48.2 Å². The Morgan fingerprint density at radius 3 is 2.59 bits per heavy atom. The number of halogens is 1. The molecule has 5 nitrogen and oxygen atoms in total. The average molecular weight is 451 g/mol. The normalized spacial score (nSPS) is 17.3. The van der Waals surface area contributed by atoms with Crippen LogP contribution in [0.1, 0.15) is 36.9 Å². The Labute approximate surface area is 169 Å². The summed E-state index contributed by atoms with van der Waals surface area (Å²) in [6.45, 7) is 2.94. The summed E-state index contributed by atoms with van der Waals surface area (Å²) >= 11 is 3.34. The topological polar surface area (TPSA) is 66.5 Å². The van der Waals surface area contributed by atoms with Crippen LogP contribution in [-0.4, -0.2) is 31.7 Å². The molecule has 0 spiro atoms. The SMILES string of the molecule is CCCNC(=O)CC1c2ccccc2CCN1S(=O)(=O)c1ccc(Br)cc1. The Morgan fingerprint density at radius 2 is 1.89 bits per heavy atom. The first-order chi connectivity index (χ1) is 12.9. The lowest BCUT2D eigenvalue weighted by Gasteiger charge is -2.36. The number of amides is 1. The van der Waals surface area contributed by atoms with E-state index < -0.39 is 16.1 Å². The summed E-state index contributed by atoms with van der Waals surface area (Å²) in [4.78, 5) is 12.6. The minimum absolute atomic E-state index is 0.118. The van der Waals surface area contributed by atoms with E-state index in [0.717, 1.165) is 22.0 Å². The van der Waals surface area contributed by atoms with Gasteiger partial charge in [-0.2, -0.15) is 4.31 Å². The van der Waals surface area contributed by atoms with Crippen LogP contribution < -0.4 is 5.32 Å². The van der Waals surface area contributed by atoms with Crippen LogP contribution in [0.4, 0.5) is 0 Å². The summed E-state index contributed by atoms with van der Waals surface area (Å²) in [7, 11) is -3.70. The lowest BCUT2D eigenvalue weighted by Crippen LogP contribution is -2.42. The first kappa shape index (κ1) is 20.0. The Hall–Kier alpha value is -1.70. The van der Waals surface area contributed by atoms with Crippen molar-refractivity contribution in [3.05, 3.63) is 64.1 Å². The highest BCUT2D eigenvalue weighted by Crippen LogP contribution is 2.36. The fourth-order valence-corrected chi connectivity index (χ4v) is 5.25. The maximum absolute atomic E-state index is 13.3. The van der Waals surface area contributed by atoms with Crippen LogP contribution in [0.2, 0.25) is 0 Å². The number of carbonyl (C=O) groups is 1. The first-order valence-electron chi connectivity index (χ1n) is 9.05. The molecule has 0 saturated heterocycles. The summed E-state index contributed by atoms with van der Waals surface area (Å²) in [5.74, 6) is -0.130. The lowest BCUT2D eigenvalue weighted by molar-refractivity contribution is -0.122. The second kappa shape index (κ2) is 8.54. The van der Waals surface area contributed by atoms with Crippen molar-refractivity contribution in [2.75, 3.05) is 13.1 Å². The molecule has 1 unspecified atom stereocenters. The van der Waals surface area contributed by atoms with Gasteiger partial charge < -0.3 is 5.32 Å². The molecule has 0 fully saturated rings. The van der Waals surface area contributed by atoms with E-state index in [1.807, 2.05) is 31.2 Å². The molecule has 144 valence electrons. The third kappa shape index (κ3) is 4.42. The van der Waals surface area contributed by atoms with E-state index in [1.54, 1.807) is 24.3 Å². The molecule has 1 aliphatic heterocycles. The van der Waals surface area contributed by atoms with E-state index in [0.29, 0.717) is 19.5 Å². The Balaban J connectivity index is 1.97. The molecule has 1 atom stereocenters. The lowest BCUT2D eigenvalue weighted by atomic mass is 9.92. The molecule has 1 aliphatic rings. The second-order valence-corrected chi connectivity index (χ2v) is 9.39. The molecule has 3 rings (SSSR count). The van der Waals surface area contributed by atoms with Crippen molar-refractivity contribution in [2.24, 2.45) is 0 Å². The smallest absolute Gasteiger partial charge is 0.243 e. The summed E-state index contributed by atoms with van der Waals surface area (Å²) in [5.41, 5.74) is 2.02. The number of rotatable bonds is 6. The zero-order chi connectivity index (χ0) is 19.4. The molecule has 2 aromatic carbocycles. The van der Waals surface area contributed by atoms with Crippen molar-refractivity contribution in [3.63, 3.8) is 0 Å². The highest BCUT2D eigenvalue weighted by atomic mass is 79.9. The summed E-state index contributed by atoms with van der Waals surface area (Å²) in [6.07, 6.45) is 1.60. The molecule has 1 N–H and O–H groups in total. The van der Waals surface area contributed by atoms with Crippen molar-refractivity contribution in [1.29, 1.82) is 0 Å². The molecule has 2 aromatic rings. The van der Waals surface area contributed by atoms with Gasteiger partial charge in [0.05, 0.1) is 10.9 Å². The van der Waals surface area contributed by atoms with Crippen molar-refractivity contribution in [1.82, 2.24) is 9.62 Å². The highest BCUT2D eigenvalue weighted by molar-refractivity contribution is 9.10. The maximum atomic E-state index is 13.3. The predicted molar refractivity (Wildman–Crippen MR) is 109 cm³/mol. The van der Waals surface area contributed by atoms with Crippen LogP contribution in [0, 0.1) is 0 Å². The number of nitrogens with one attached hydrogen (secondary N) is 1. The van der Waals surface area contributed by atoms with Crippen molar-refractivity contribution < 1.29 is 13.2 Å². The third-order valence-corrected chi connectivity index (χ3v) is 7.19. The van der Waals surface area contributed by atoms with Crippen LogP contribution in [-0.2, 0) is 21.2 Å². The Morgan fingerprint density at radius 1 is 1.19 bits per heavy atom. The van der Waals surface area contributed by atoms with Crippen LogP contribution in [0.15, 0.2) is 57.9 Å². The first-order valence-corrected chi connectivity index (χ1v) is 11.3. The van der Waals surface area contributed by atoms with Gasteiger partial charge in [0.25, 0.3) is 0 Å². The average Bonchev–Trinajstić information content (AvgIpc) is 2.66. The number of carbonyl (C=O) groups excluding carboxylic acids is 1. The van der Waals surface area contributed by atoms with Gasteiger partial charge in [0.2, 0.25) is 15.9 Å². The molecule has 0 saturated carbocycles. The Bertz CT molecular complexity index is 913. The molecule has 0 aliphatic carbocycles. The summed E-state index contributed by atoms with van der Waals surface area (Å²) in [5, 5.41) is 2.86. The minimum Gasteiger partial charge on any atom is -0.356 e. The largest absolute Gasteiger partial charge is 0.356 e. The van der Waals surface area contributed by atoms with E-state index in [2.05, 4.69) is 21.2 Å². The monoisotopic (exact) mass is 450 g/mol. The number of benzene rings is 2. The molecular formula is C20H23BrN2O3S. The van der Waals surface area contributed by atoms with Gasteiger partial charge in [-0.25, -0.2) is 8.42 Å². The quantitative estimate of drug-likeness (QED) is 0.729. The number of hydrogen-bond donors (Lipinski definition) is 1. The van der Waals surface area contributed by atoms with Gasteiger partial charge in [-0.15, -0.1) is 0 Å². The van der Waals surface area contributed by atoms with E-state index in [4.69, 9.17) is 0 Å². The van der Waals surface area contributed by atoms with Gasteiger partial charge in [-0.3, -0.25) is 4.79 Å². The van der Waals surface area contributed by atoms with Crippen molar-refractivity contribution in [3.8, 4) is 0 Å². The van der Waals surface area contributed by atoms with Crippen LogP contribution in [0.25, 0.3) is 0 Å². The minimum atomic E-state index is -3.70. The van der Waals surface area contributed by atoms with E-state index >= 15 is 0 Å². The zero-order valence-corrected chi connectivity index (χ0v) is 17.6. The molecule has 0 aromatic heterocycles. The molecule has 27 heavy (non-hydrogen) atoms. The van der Waals surface area contributed by atoms with Gasteiger partial charge in [0.15, 0.2) is 0 Å². The number of sulfonamides is 1. The standard InChI is InChI=1S/C20H23BrN2O3S/c1-2-12-22-20(24)14-19-18-6-4-3-5-15(18)11-13-23(19)27(25,26)17-9-7-16(21)8-10-17/h3-10,19H,2,11-14H2,1H3,(H,22,24). The number of nitrogens with zero attached hydrogens (tertiary/aromatic N) is 1. The third-order valence-electron chi connectivity index (χ3n) is 4.73. The molecule has 7 heteroatoms. The molecule has 0 bridgehead atoms. The zero-order valence-electron chi connectivity index (χ0n) is 15.2. The number of hydrogen-bond acceptors (Lipinski definition) is 3. The molecular weight excluding hydrogens is 428 g/mol. The summed E-state index contributed by atoms with van der Waals surface area (Å²) in [6, 6.07) is 13.9. The van der Waals surface area contributed by atoms with Crippen LogP contribution in [0.5, 0.6) is 0 Å². The fraction of sp³-hybridized carbons (Fsp3) is 0.350. The summed E-state index contributed by atoms with van der Waals surface area (Å²) < 4.78 is 28.9. The van der Waals surface area contributed by atoms with Crippen LogP contribution >= 0.6 is 15.9 Å². The molecule has 0 radical (unpaired) electrons. The van der Waals surface area contributed by atoms with Gasteiger partial charge >= 0.3 is 0 Å². The van der Waals surface area contributed by atoms with Gasteiger partial charge in [0.1, 0.15) is 0 Å². The molecule has 1 amide bonds. The van der Waals surface area contributed by atoms with Crippen LogP contribution in [0.3, 0.4) is 0 Å². The molecule has 1 heterocycles. The van der Waals surface area contributed by atoms with E-state index in [-0.39, 0.29) is 17.2 Å². The maximum Gasteiger partial charge on any atom is 0.243 e.